The van der Waals surface area contributed by atoms with Gasteiger partial charge < -0.3 is 10.3 Å². The molecule has 0 aliphatic carbocycles. The Morgan fingerprint density at radius 3 is 2.79 bits per heavy atom. The second-order valence-electron chi connectivity index (χ2n) is 3.21. The summed E-state index contributed by atoms with van der Waals surface area (Å²) in [6.45, 7) is 4.69. The Balaban J connectivity index is 2.22. The first-order chi connectivity index (χ1) is 6.65. The number of aryl methyl sites for hydroxylation is 2. The Hall–Kier alpha value is -1.36. The van der Waals surface area contributed by atoms with Crippen LogP contribution in [0.4, 0.5) is 5.95 Å². The minimum absolute atomic E-state index is 0.563. The molecule has 0 spiro atoms. The van der Waals surface area contributed by atoms with Crippen LogP contribution in [-0.2, 0) is 6.54 Å². The van der Waals surface area contributed by atoms with Crippen LogP contribution in [0.1, 0.15) is 15.6 Å². The van der Waals surface area contributed by atoms with E-state index < -0.39 is 0 Å². The quantitative estimate of drug-likeness (QED) is 0.815. The van der Waals surface area contributed by atoms with Gasteiger partial charge in [-0.2, -0.15) is 0 Å². The molecule has 0 unspecified atom stereocenters. The number of nitrogens with two attached hydrogens (primary N) is 1. The zero-order valence-electron chi connectivity index (χ0n) is 8.19. The molecule has 0 atom stereocenters. The lowest BCUT2D eigenvalue weighted by atomic mass is 10.5. The van der Waals surface area contributed by atoms with Crippen molar-refractivity contribution in [2.45, 2.75) is 20.4 Å². The van der Waals surface area contributed by atoms with E-state index in [9.17, 15) is 0 Å². The number of anilines is 1. The maximum absolute atomic E-state index is 5.73. The van der Waals surface area contributed by atoms with Gasteiger partial charge in [-0.25, -0.2) is 9.97 Å². The summed E-state index contributed by atoms with van der Waals surface area (Å²) in [5, 5.41) is 1.08. The van der Waals surface area contributed by atoms with Crippen molar-refractivity contribution in [2.75, 3.05) is 5.73 Å². The Bertz CT molecular complexity index is 443. The highest BCUT2D eigenvalue weighted by Crippen LogP contribution is 2.15. The van der Waals surface area contributed by atoms with Crippen molar-refractivity contribution in [1.29, 1.82) is 0 Å². The van der Waals surface area contributed by atoms with Crippen molar-refractivity contribution in [3.05, 3.63) is 28.0 Å². The molecule has 2 aromatic heterocycles. The third-order valence-corrected chi connectivity index (χ3v) is 2.82. The van der Waals surface area contributed by atoms with E-state index in [-0.39, 0.29) is 0 Å². The van der Waals surface area contributed by atoms with E-state index in [1.54, 1.807) is 11.3 Å². The highest BCUT2D eigenvalue weighted by atomic mass is 32.1. The number of nitrogen functional groups attached to an aromatic ring is 1. The molecule has 0 amide bonds. The molecule has 0 saturated heterocycles. The van der Waals surface area contributed by atoms with Crippen LogP contribution in [-0.4, -0.2) is 14.5 Å². The molecule has 0 radical (unpaired) electrons. The third kappa shape index (κ3) is 1.77. The van der Waals surface area contributed by atoms with Crippen LogP contribution in [0.2, 0.25) is 0 Å². The molecule has 0 aliphatic rings. The summed E-state index contributed by atoms with van der Waals surface area (Å²) >= 11 is 1.69. The minimum atomic E-state index is 0.563. The van der Waals surface area contributed by atoms with Crippen molar-refractivity contribution >= 4 is 17.3 Å². The lowest BCUT2D eigenvalue weighted by Gasteiger charge is -2.00. The van der Waals surface area contributed by atoms with Crippen molar-refractivity contribution in [2.24, 2.45) is 0 Å². The maximum Gasteiger partial charge on any atom is 0.200 e. The topological polar surface area (TPSA) is 56.7 Å². The summed E-state index contributed by atoms with van der Waals surface area (Å²) in [6, 6.07) is 0. The monoisotopic (exact) mass is 208 g/mol. The van der Waals surface area contributed by atoms with E-state index in [1.807, 2.05) is 30.8 Å². The largest absolute Gasteiger partial charge is 0.369 e. The van der Waals surface area contributed by atoms with Crippen LogP contribution < -0.4 is 5.73 Å². The summed E-state index contributed by atoms with van der Waals surface area (Å²) in [5.41, 5.74) is 6.68. The fourth-order valence-electron chi connectivity index (χ4n) is 1.34. The third-order valence-electron chi connectivity index (χ3n) is 1.92. The number of hydrogen-bond donors (Lipinski definition) is 1. The van der Waals surface area contributed by atoms with Crippen molar-refractivity contribution in [1.82, 2.24) is 14.5 Å². The molecular weight excluding hydrogens is 196 g/mol. The summed E-state index contributed by atoms with van der Waals surface area (Å²) in [4.78, 5) is 9.53. The van der Waals surface area contributed by atoms with Crippen molar-refractivity contribution < 1.29 is 0 Å². The predicted molar refractivity (Wildman–Crippen MR) is 57.3 cm³/mol. The van der Waals surface area contributed by atoms with E-state index in [0.717, 1.165) is 17.2 Å². The molecule has 2 heterocycles. The predicted octanol–water partition coefficient (Wildman–Crippen LogP) is 1.59. The van der Waals surface area contributed by atoms with Gasteiger partial charge in [0.05, 0.1) is 17.2 Å². The van der Waals surface area contributed by atoms with E-state index in [4.69, 9.17) is 5.73 Å². The highest BCUT2D eigenvalue weighted by molar-refractivity contribution is 7.11. The molecular formula is C9H12N4S. The van der Waals surface area contributed by atoms with Gasteiger partial charge in [0.25, 0.3) is 0 Å². The minimum Gasteiger partial charge on any atom is -0.369 e. The van der Waals surface area contributed by atoms with Gasteiger partial charge in [-0.3, -0.25) is 0 Å². The fourth-order valence-corrected chi connectivity index (χ4v) is 2.13. The van der Waals surface area contributed by atoms with E-state index in [2.05, 4.69) is 9.97 Å². The normalized spacial score (nSPS) is 10.7. The maximum atomic E-state index is 5.73. The zero-order chi connectivity index (χ0) is 10.1. The van der Waals surface area contributed by atoms with Crippen LogP contribution in [0.3, 0.4) is 0 Å². The Morgan fingerprint density at radius 2 is 2.29 bits per heavy atom. The summed E-state index contributed by atoms with van der Waals surface area (Å²) in [7, 11) is 0. The van der Waals surface area contributed by atoms with Gasteiger partial charge in [-0.1, -0.05) is 0 Å². The molecule has 0 aromatic carbocycles. The molecule has 0 bridgehead atoms. The van der Waals surface area contributed by atoms with Gasteiger partial charge in [0.1, 0.15) is 0 Å². The molecule has 2 aromatic rings. The lowest BCUT2D eigenvalue weighted by molar-refractivity contribution is 0.821. The zero-order valence-corrected chi connectivity index (χ0v) is 9.01. The van der Waals surface area contributed by atoms with Crippen molar-refractivity contribution in [3.63, 3.8) is 0 Å². The fraction of sp³-hybridized carbons (Fsp3) is 0.333. The molecule has 74 valence electrons. The number of thiazole rings is 1. The number of rotatable bonds is 2. The van der Waals surface area contributed by atoms with Gasteiger partial charge in [-0.15, -0.1) is 11.3 Å². The molecule has 2 rings (SSSR count). The summed E-state index contributed by atoms with van der Waals surface area (Å²) in [5.74, 6) is 0.563. The summed E-state index contributed by atoms with van der Waals surface area (Å²) in [6.07, 6.45) is 3.83. The van der Waals surface area contributed by atoms with Gasteiger partial charge in [0.15, 0.2) is 0 Å². The standard InChI is InChI=1S/C9H12N4S/c1-6-4-13(9(10)12-6)5-8-3-11-7(2)14-8/h3-4H,5H2,1-2H3,(H2,10,12). The molecule has 0 saturated carbocycles. The molecule has 14 heavy (non-hydrogen) atoms. The summed E-state index contributed by atoms with van der Waals surface area (Å²) < 4.78 is 1.93. The Morgan fingerprint density at radius 1 is 1.50 bits per heavy atom. The number of imidazole rings is 1. The van der Waals surface area contributed by atoms with Crippen LogP contribution in [0.15, 0.2) is 12.4 Å². The Labute approximate surface area is 86.4 Å². The van der Waals surface area contributed by atoms with E-state index in [1.165, 1.54) is 4.88 Å². The molecule has 5 heteroatoms. The first-order valence-corrected chi connectivity index (χ1v) is 5.17. The van der Waals surface area contributed by atoms with Crippen LogP contribution >= 0.6 is 11.3 Å². The average molecular weight is 208 g/mol. The smallest absolute Gasteiger partial charge is 0.200 e. The van der Waals surface area contributed by atoms with Gasteiger partial charge >= 0.3 is 0 Å². The van der Waals surface area contributed by atoms with Crippen LogP contribution in [0, 0.1) is 13.8 Å². The highest BCUT2D eigenvalue weighted by Gasteiger charge is 2.04. The molecule has 4 nitrogen and oxygen atoms in total. The first-order valence-electron chi connectivity index (χ1n) is 4.35. The van der Waals surface area contributed by atoms with Gasteiger partial charge in [0.2, 0.25) is 5.95 Å². The lowest BCUT2D eigenvalue weighted by Crippen LogP contribution is -2.02. The van der Waals surface area contributed by atoms with E-state index >= 15 is 0 Å². The van der Waals surface area contributed by atoms with Crippen molar-refractivity contribution in [3.8, 4) is 0 Å². The number of nitrogens with zero attached hydrogens (tertiary/aromatic N) is 3. The first kappa shape index (κ1) is 9.21. The number of aromatic nitrogens is 3. The van der Waals surface area contributed by atoms with Crippen LogP contribution in [0.5, 0.6) is 0 Å². The van der Waals surface area contributed by atoms with Crippen LogP contribution in [0.25, 0.3) is 0 Å². The molecule has 0 fully saturated rings. The molecule has 2 N–H and O–H groups in total. The Kier molecular flexibility index (Phi) is 2.25. The van der Waals surface area contributed by atoms with E-state index in [0.29, 0.717) is 5.95 Å². The SMILES string of the molecule is Cc1cn(Cc2cnc(C)s2)c(N)n1. The molecule has 0 aliphatic heterocycles. The van der Waals surface area contributed by atoms with Gasteiger partial charge in [0, 0.05) is 17.3 Å². The van der Waals surface area contributed by atoms with Gasteiger partial charge in [-0.05, 0) is 13.8 Å². The number of hydrogen-bond acceptors (Lipinski definition) is 4. The average Bonchev–Trinajstić information content (AvgIpc) is 2.61. The second-order valence-corrected chi connectivity index (χ2v) is 4.53. The second kappa shape index (κ2) is 3.42.